The standard InChI is InChI=1S/C9H8BrClO3/c1-4-6(11)3-2-5(10)7(4)8(12)9(13)14/h2-3,8,12H,1H3,(H,13,14). The molecule has 0 saturated carbocycles. The van der Waals surface area contributed by atoms with Crippen LogP contribution in [0.3, 0.4) is 0 Å². The summed E-state index contributed by atoms with van der Waals surface area (Å²) in [5.41, 5.74) is 0.862. The fourth-order valence-electron chi connectivity index (χ4n) is 1.13. The fraction of sp³-hybridized carbons (Fsp3) is 0.222. The zero-order valence-electron chi connectivity index (χ0n) is 7.29. The Morgan fingerprint density at radius 2 is 2.14 bits per heavy atom. The maximum absolute atomic E-state index is 10.6. The summed E-state index contributed by atoms with van der Waals surface area (Å²) in [6.45, 7) is 1.66. The second kappa shape index (κ2) is 4.29. The third kappa shape index (κ3) is 2.08. The van der Waals surface area contributed by atoms with Crippen molar-refractivity contribution >= 4 is 33.5 Å². The van der Waals surface area contributed by atoms with Gasteiger partial charge < -0.3 is 10.2 Å². The van der Waals surface area contributed by atoms with Gasteiger partial charge in [-0.1, -0.05) is 27.5 Å². The summed E-state index contributed by atoms with van der Waals surface area (Å²) in [5, 5.41) is 18.5. The van der Waals surface area contributed by atoms with E-state index >= 15 is 0 Å². The van der Waals surface area contributed by atoms with E-state index in [0.29, 0.717) is 20.6 Å². The van der Waals surface area contributed by atoms with Crippen molar-refractivity contribution in [3.63, 3.8) is 0 Å². The van der Waals surface area contributed by atoms with Crippen molar-refractivity contribution in [1.82, 2.24) is 0 Å². The first-order valence-corrected chi connectivity index (χ1v) is 4.97. The first-order valence-electron chi connectivity index (χ1n) is 3.80. The number of carboxylic acids is 1. The second-order valence-corrected chi connectivity index (χ2v) is 4.07. The van der Waals surface area contributed by atoms with E-state index in [2.05, 4.69) is 15.9 Å². The maximum atomic E-state index is 10.6. The number of hydrogen-bond acceptors (Lipinski definition) is 2. The minimum absolute atomic E-state index is 0.296. The maximum Gasteiger partial charge on any atom is 0.337 e. The number of aliphatic carboxylic acids is 1. The molecule has 0 spiro atoms. The van der Waals surface area contributed by atoms with Crippen LogP contribution >= 0.6 is 27.5 Å². The summed E-state index contributed by atoms with van der Waals surface area (Å²) >= 11 is 8.98. The van der Waals surface area contributed by atoms with Crippen LogP contribution in [0.25, 0.3) is 0 Å². The van der Waals surface area contributed by atoms with Crippen molar-refractivity contribution in [1.29, 1.82) is 0 Å². The lowest BCUT2D eigenvalue weighted by Crippen LogP contribution is -2.12. The Morgan fingerprint density at radius 3 is 2.64 bits per heavy atom. The van der Waals surface area contributed by atoms with Gasteiger partial charge in [0.25, 0.3) is 0 Å². The first kappa shape index (κ1) is 11.5. The first-order chi connectivity index (χ1) is 6.45. The molecule has 14 heavy (non-hydrogen) atoms. The van der Waals surface area contributed by atoms with E-state index in [4.69, 9.17) is 16.7 Å². The van der Waals surface area contributed by atoms with Gasteiger partial charge in [-0.05, 0) is 24.6 Å². The van der Waals surface area contributed by atoms with Crippen LogP contribution in [0, 0.1) is 6.92 Å². The Hall–Kier alpha value is -0.580. The van der Waals surface area contributed by atoms with Gasteiger partial charge in [-0.2, -0.15) is 0 Å². The molecule has 0 radical (unpaired) electrons. The lowest BCUT2D eigenvalue weighted by atomic mass is 10.0. The molecule has 1 aromatic rings. The highest BCUT2D eigenvalue weighted by atomic mass is 79.9. The monoisotopic (exact) mass is 278 g/mol. The highest BCUT2D eigenvalue weighted by Crippen LogP contribution is 2.31. The molecule has 0 heterocycles. The largest absolute Gasteiger partial charge is 0.479 e. The third-order valence-corrected chi connectivity index (χ3v) is 3.00. The van der Waals surface area contributed by atoms with E-state index in [1.54, 1.807) is 19.1 Å². The number of carbonyl (C=O) groups is 1. The van der Waals surface area contributed by atoms with Crippen LogP contribution in [-0.4, -0.2) is 16.2 Å². The van der Waals surface area contributed by atoms with Crippen molar-refractivity contribution in [2.75, 3.05) is 0 Å². The Kier molecular flexibility index (Phi) is 3.53. The number of hydrogen-bond donors (Lipinski definition) is 2. The number of benzene rings is 1. The van der Waals surface area contributed by atoms with Gasteiger partial charge in [-0.25, -0.2) is 4.79 Å². The quantitative estimate of drug-likeness (QED) is 0.874. The van der Waals surface area contributed by atoms with Crippen LogP contribution < -0.4 is 0 Å². The van der Waals surface area contributed by atoms with Gasteiger partial charge >= 0.3 is 5.97 Å². The third-order valence-electron chi connectivity index (χ3n) is 1.90. The molecule has 1 aromatic carbocycles. The van der Waals surface area contributed by atoms with Crippen LogP contribution in [0.15, 0.2) is 16.6 Å². The summed E-state index contributed by atoms with van der Waals surface area (Å²) < 4.78 is 0.536. The molecule has 0 aliphatic rings. The van der Waals surface area contributed by atoms with Gasteiger partial charge in [0.15, 0.2) is 6.10 Å². The van der Waals surface area contributed by atoms with E-state index in [-0.39, 0.29) is 0 Å². The minimum Gasteiger partial charge on any atom is -0.479 e. The topological polar surface area (TPSA) is 57.5 Å². The number of rotatable bonds is 2. The molecule has 0 fully saturated rings. The van der Waals surface area contributed by atoms with E-state index in [0.717, 1.165) is 0 Å². The molecular formula is C9H8BrClO3. The van der Waals surface area contributed by atoms with Gasteiger partial charge in [0.1, 0.15) is 0 Å². The number of aliphatic hydroxyl groups is 1. The number of aliphatic hydroxyl groups excluding tert-OH is 1. The molecule has 76 valence electrons. The summed E-state index contributed by atoms with van der Waals surface area (Å²) in [4.78, 5) is 10.6. The highest BCUT2D eigenvalue weighted by molar-refractivity contribution is 9.10. The molecule has 0 aliphatic heterocycles. The Balaban J connectivity index is 3.32. The molecular weight excluding hydrogens is 271 g/mol. The number of halogens is 2. The van der Waals surface area contributed by atoms with E-state index in [1.165, 1.54) is 0 Å². The zero-order valence-corrected chi connectivity index (χ0v) is 9.63. The molecule has 0 bridgehead atoms. The fourth-order valence-corrected chi connectivity index (χ4v) is 1.94. The molecule has 0 aromatic heterocycles. The summed E-state index contributed by atoms with van der Waals surface area (Å²) in [6.07, 6.45) is -1.55. The molecule has 5 heteroatoms. The summed E-state index contributed by atoms with van der Waals surface area (Å²) in [6, 6.07) is 3.25. The van der Waals surface area contributed by atoms with Crippen molar-refractivity contribution in [2.24, 2.45) is 0 Å². The molecule has 1 rings (SSSR count). The second-order valence-electron chi connectivity index (χ2n) is 2.81. The summed E-state index contributed by atoms with van der Waals surface area (Å²) in [7, 11) is 0. The highest BCUT2D eigenvalue weighted by Gasteiger charge is 2.21. The molecule has 1 unspecified atom stereocenters. The Bertz CT molecular complexity index is 379. The lowest BCUT2D eigenvalue weighted by molar-refractivity contribution is -0.147. The Morgan fingerprint density at radius 1 is 1.57 bits per heavy atom. The van der Waals surface area contributed by atoms with Gasteiger partial charge in [-0.3, -0.25) is 0 Å². The van der Waals surface area contributed by atoms with Crippen molar-refractivity contribution in [2.45, 2.75) is 13.0 Å². The predicted octanol–water partition coefficient (Wildman–Crippen LogP) is 2.53. The zero-order chi connectivity index (χ0) is 10.9. The summed E-state index contributed by atoms with van der Waals surface area (Å²) in [5.74, 6) is -1.30. The van der Waals surface area contributed by atoms with E-state index in [1.807, 2.05) is 0 Å². The normalized spacial score (nSPS) is 12.6. The van der Waals surface area contributed by atoms with E-state index in [9.17, 15) is 9.90 Å². The van der Waals surface area contributed by atoms with Crippen LogP contribution in [0.1, 0.15) is 17.2 Å². The number of carboxylic acid groups (broad SMARTS) is 1. The predicted molar refractivity (Wildman–Crippen MR) is 56.5 cm³/mol. The van der Waals surface area contributed by atoms with Gasteiger partial charge in [0, 0.05) is 15.1 Å². The van der Waals surface area contributed by atoms with Crippen LogP contribution in [-0.2, 0) is 4.79 Å². The van der Waals surface area contributed by atoms with Crippen molar-refractivity contribution < 1.29 is 15.0 Å². The van der Waals surface area contributed by atoms with Crippen molar-refractivity contribution in [3.05, 3.63) is 32.8 Å². The Labute approximate surface area is 94.4 Å². The van der Waals surface area contributed by atoms with Gasteiger partial charge in [0.05, 0.1) is 0 Å². The van der Waals surface area contributed by atoms with Gasteiger partial charge in [-0.15, -0.1) is 0 Å². The molecule has 0 saturated heterocycles. The average molecular weight is 280 g/mol. The van der Waals surface area contributed by atoms with Crippen LogP contribution in [0.5, 0.6) is 0 Å². The molecule has 2 N–H and O–H groups in total. The van der Waals surface area contributed by atoms with Gasteiger partial charge in [0.2, 0.25) is 0 Å². The SMILES string of the molecule is Cc1c(Cl)ccc(Br)c1C(O)C(=O)O. The van der Waals surface area contributed by atoms with E-state index < -0.39 is 12.1 Å². The molecule has 1 atom stereocenters. The van der Waals surface area contributed by atoms with Crippen LogP contribution in [0.2, 0.25) is 5.02 Å². The smallest absolute Gasteiger partial charge is 0.337 e. The lowest BCUT2D eigenvalue weighted by Gasteiger charge is -2.12. The van der Waals surface area contributed by atoms with Crippen LogP contribution in [0.4, 0.5) is 0 Å². The average Bonchev–Trinajstić information content (AvgIpc) is 2.12. The molecule has 0 amide bonds. The van der Waals surface area contributed by atoms with Crippen molar-refractivity contribution in [3.8, 4) is 0 Å². The minimum atomic E-state index is -1.55. The molecule has 0 aliphatic carbocycles. The molecule has 3 nitrogen and oxygen atoms in total.